The van der Waals surface area contributed by atoms with Gasteiger partial charge in [0.1, 0.15) is 0 Å². The molecule has 1 N–H and O–H groups in total. The molecule has 1 aliphatic heterocycles. The van der Waals surface area contributed by atoms with Crippen LogP contribution in [0.1, 0.15) is 68.6 Å². The number of nitrogens with zero attached hydrogens (tertiary/aromatic N) is 1. The fourth-order valence-electron chi connectivity index (χ4n) is 6.61. The molecule has 4 aliphatic carbocycles. The molecule has 0 aromatic heterocycles. The molecule has 0 unspecified atom stereocenters. The second kappa shape index (κ2) is 7.40. The summed E-state index contributed by atoms with van der Waals surface area (Å²) in [6.07, 6.45) is 7.77. The van der Waals surface area contributed by atoms with E-state index in [0.29, 0.717) is 18.5 Å². The summed E-state index contributed by atoms with van der Waals surface area (Å²) in [5, 5.41) is 3.27. The van der Waals surface area contributed by atoms with Crippen molar-refractivity contribution in [2.75, 3.05) is 11.4 Å². The van der Waals surface area contributed by atoms with Gasteiger partial charge in [-0.1, -0.05) is 0 Å². The Hall–Kier alpha value is -2.37. The molecule has 1 aromatic carbocycles. The maximum absolute atomic E-state index is 12.8. The smallest absolute Gasteiger partial charge is 0.338 e. The summed E-state index contributed by atoms with van der Waals surface area (Å²) in [5.41, 5.74) is 1.10. The summed E-state index contributed by atoms with van der Waals surface area (Å²) in [6, 6.07) is 6.85. The normalized spacial score (nSPS) is 32.9. The molecule has 5 fully saturated rings. The van der Waals surface area contributed by atoms with Crippen molar-refractivity contribution in [2.45, 2.75) is 69.9 Å². The Morgan fingerprint density at radius 2 is 1.67 bits per heavy atom. The Kier molecular flexibility index (Phi) is 4.83. The highest BCUT2D eigenvalue weighted by Crippen LogP contribution is 2.55. The highest BCUT2D eigenvalue weighted by Gasteiger charge is 2.51. The van der Waals surface area contributed by atoms with Crippen molar-refractivity contribution < 1.29 is 19.1 Å². The molecule has 4 saturated carbocycles. The molecule has 0 spiro atoms. The van der Waals surface area contributed by atoms with Crippen LogP contribution in [0, 0.1) is 17.8 Å². The number of benzene rings is 1. The number of amides is 2. The number of ether oxygens (including phenoxy) is 1. The molecule has 6 heteroatoms. The van der Waals surface area contributed by atoms with Gasteiger partial charge in [-0.25, -0.2) is 4.79 Å². The van der Waals surface area contributed by atoms with E-state index in [-0.39, 0.29) is 17.4 Å². The maximum Gasteiger partial charge on any atom is 0.338 e. The average molecular weight is 411 g/mol. The van der Waals surface area contributed by atoms with E-state index >= 15 is 0 Å². The van der Waals surface area contributed by atoms with Crippen molar-refractivity contribution in [3.63, 3.8) is 0 Å². The molecule has 5 aliphatic rings. The van der Waals surface area contributed by atoms with Gasteiger partial charge in [0.2, 0.25) is 5.91 Å². The predicted octanol–water partition coefficient (Wildman–Crippen LogP) is 3.44. The molecule has 1 saturated heterocycles. The van der Waals surface area contributed by atoms with Crippen molar-refractivity contribution >= 4 is 23.5 Å². The topological polar surface area (TPSA) is 75.7 Å². The Morgan fingerprint density at radius 3 is 2.20 bits per heavy atom. The molecular formula is C24H30N2O4. The van der Waals surface area contributed by atoms with Crippen LogP contribution in [0.4, 0.5) is 5.69 Å². The van der Waals surface area contributed by atoms with Gasteiger partial charge < -0.3 is 15.0 Å². The third-order valence-corrected chi connectivity index (χ3v) is 7.57. The Bertz CT molecular complexity index is 827. The Labute approximate surface area is 177 Å². The van der Waals surface area contributed by atoms with Crippen LogP contribution >= 0.6 is 0 Å². The predicted molar refractivity (Wildman–Crippen MR) is 112 cm³/mol. The third-order valence-electron chi connectivity index (χ3n) is 7.57. The SMILES string of the molecule is C[C@@H](OC(=O)c1ccc(N2CCCC2=O)cc1)C(=O)NC12CC3CC(CC(C3)C1)C2. The Balaban J connectivity index is 1.19. The van der Waals surface area contributed by atoms with Crippen LogP contribution in [-0.4, -0.2) is 36.0 Å². The van der Waals surface area contributed by atoms with Gasteiger partial charge in [-0.2, -0.15) is 0 Å². The number of carbonyl (C=O) groups is 3. The molecule has 30 heavy (non-hydrogen) atoms. The van der Waals surface area contributed by atoms with Gasteiger partial charge in [0.25, 0.3) is 5.91 Å². The number of rotatable bonds is 5. The van der Waals surface area contributed by atoms with Crippen LogP contribution in [0.2, 0.25) is 0 Å². The van der Waals surface area contributed by atoms with Gasteiger partial charge in [0.05, 0.1) is 5.56 Å². The number of hydrogen-bond acceptors (Lipinski definition) is 4. The maximum atomic E-state index is 12.8. The molecule has 1 atom stereocenters. The summed E-state index contributed by atoms with van der Waals surface area (Å²) in [5.74, 6) is 1.65. The van der Waals surface area contributed by atoms with Crippen LogP contribution in [0.15, 0.2) is 24.3 Å². The van der Waals surface area contributed by atoms with Gasteiger partial charge in [0.15, 0.2) is 6.10 Å². The first-order valence-corrected chi connectivity index (χ1v) is 11.3. The lowest BCUT2D eigenvalue weighted by Crippen LogP contribution is -2.61. The van der Waals surface area contributed by atoms with E-state index in [1.54, 1.807) is 36.1 Å². The summed E-state index contributed by atoms with van der Waals surface area (Å²) in [6.45, 7) is 2.36. The minimum Gasteiger partial charge on any atom is -0.449 e. The quantitative estimate of drug-likeness (QED) is 0.755. The van der Waals surface area contributed by atoms with Gasteiger partial charge in [-0.05, 0) is 93.9 Å². The molecule has 160 valence electrons. The van der Waals surface area contributed by atoms with Crippen LogP contribution in [0.25, 0.3) is 0 Å². The van der Waals surface area contributed by atoms with E-state index in [9.17, 15) is 14.4 Å². The molecule has 2 amide bonds. The van der Waals surface area contributed by atoms with Crippen molar-refractivity contribution in [1.29, 1.82) is 0 Å². The van der Waals surface area contributed by atoms with Crippen molar-refractivity contribution in [2.24, 2.45) is 17.8 Å². The zero-order valence-corrected chi connectivity index (χ0v) is 17.6. The zero-order chi connectivity index (χ0) is 20.9. The van der Waals surface area contributed by atoms with Crippen molar-refractivity contribution in [1.82, 2.24) is 5.32 Å². The van der Waals surface area contributed by atoms with E-state index in [1.165, 1.54) is 19.3 Å². The van der Waals surface area contributed by atoms with Crippen LogP contribution in [0.3, 0.4) is 0 Å². The summed E-state index contributed by atoms with van der Waals surface area (Å²) < 4.78 is 5.47. The molecular weight excluding hydrogens is 380 g/mol. The lowest BCUT2D eigenvalue weighted by atomic mass is 9.53. The minimum atomic E-state index is -0.828. The first-order valence-electron chi connectivity index (χ1n) is 11.3. The van der Waals surface area contributed by atoms with Gasteiger partial charge in [0, 0.05) is 24.2 Å². The van der Waals surface area contributed by atoms with Crippen molar-refractivity contribution in [3.8, 4) is 0 Å². The zero-order valence-electron chi connectivity index (χ0n) is 17.6. The molecule has 1 aromatic rings. The van der Waals surface area contributed by atoms with Crippen LogP contribution < -0.4 is 10.2 Å². The van der Waals surface area contributed by atoms with E-state index in [4.69, 9.17) is 4.74 Å². The number of carbonyl (C=O) groups excluding carboxylic acids is 3. The van der Waals surface area contributed by atoms with E-state index < -0.39 is 12.1 Å². The molecule has 0 radical (unpaired) electrons. The number of anilines is 1. The van der Waals surface area contributed by atoms with Gasteiger partial charge >= 0.3 is 5.97 Å². The first kappa shape index (κ1) is 19.6. The fraction of sp³-hybridized carbons (Fsp3) is 0.625. The van der Waals surface area contributed by atoms with Gasteiger partial charge in [-0.15, -0.1) is 0 Å². The van der Waals surface area contributed by atoms with Crippen LogP contribution in [-0.2, 0) is 14.3 Å². The number of esters is 1. The van der Waals surface area contributed by atoms with Crippen LogP contribution in [0.5, 0.6) is 0 Å². The fourth-order valence-corrected chi connectivity index (χ4v) is 6.61. The average Bonchev–Trinajstić information content (AvgIpc) is 3.12. The minimum absolute atomic E-state index is 0.0869. The highest BCUT2D eigenvalue weighted by atomic mass is 16.5. The molecule has 6 rings (SSSR count). The largest absolute Gasteiger partial charge is 0.449 e. The molecule has 6 nitrogen and oxygen atoms in total. The third kappa shape index (κ3) is 3.61. The summed E-state index contributed by atoms with van der Waals surface area (Å²) in [7, 11) is 0. The number of nitrogens with one attached hydrogen (secondary N) is 1. The molecule has 1 heterocycles. The lowest BCUT2D eigenvalue weighted by Gasteiger charge is -2.57. The van der Waals surface area contributed by atoms with E-state index in [1.807, 2.05) is 0 Å². The Morgan fingerprint density at radius 1 is 1.07 bits per heavy atom. The monoisotopic (exact) mass is 410 g/mol. The number of hydrogen-bond donors (Lipinski definition) is 1. The van der Waals surface area contributed by atoms with Crippen molar-refractivity contribution in [3.05, 3.63) is 29.8 Å². The highest BCUT2D eigenvalue weighted by molar-refractivity contribution is 5.96. The first-order chi connectivity index (χ1) is 14.4. The second-order valence-corrected chi connectivity index (χ2v) is 9.93. The second-order valence-electron chi connectivity index (χ2n) is 9.93. The summed E-state index contributed by atoms with van der Waals surface area (Å²) in [4.78, 5) is 39.0. The summed E-state index contributed by atoms with van der Waals surface area (Å²) >= 11 is 0. The molecule has 4 bridgehead atoms. The lowest BCUT2D eigenvalue weighted by molar-refractivity contribution is -0.134. The van der Waals surface area contributed by atoms with Gasteiger partial charge in [-0.3, -0.25) is 9.59 Å². The van der Waals surface area contributed by atoms with E-state index in [0.717, 1.165) is 49.1 Å². The van der Waals surface area contributed by atoms with E-state index in [2.05, 4.69) is 5.32 Å². The standard InChI is InChI=1S/C24H30N2O4/c1-15(22(28)25-24-12-16-9-17(13-24)11-18(10-16)14-24)30-23(29)19-4-6-20(7-5-19)26-8-2-3-21(26)27/h4-7,15-18H,2-3,8-14H2,1H3,(H,25,28)/t15-,16?,17?,18?,24?/m1/s1.